The molecule has 0 bridgehead atoms. The molecule has 1 rings (SSSR count). The number of halogens is 1. The molecule has 2 N–H and O–H groups in total. The first-order chi connectivity index (χ1) is 9.52. The second-order valence-electron chi connectivity index (χ2n) is 4.94. The van der Waals surface area contributed by atoms with E-state index in [1.165, 1.54) is 0 Å². The maximum Gasteiger partial charge on any atom is 0.258 e. The van der Waals surface area contributed by atoms with E-state index < -0.39 is 0 Å². The third-order valence-corrected chi connectivity index (χ3v) is 2.81. The van der Waals surface area contributed by atoms with Gasteiger partial charge in [-0.25, -0.2) is 0 Å². The molecule has 1 aromatic carbocycles. The second-order valence-corrected chi connectivity index (χ2v) is 5.38. The maximum absolute atomic E-state index is 11.6. The Morgan fingerprint density at radius 2 is 2.15 bits per heavy atom. The zero-order valence-electron chi connectivity index (χ0n) is 12.3. The third-order valence-electron chi connectivity index (χ3n) is 2.57. The zero-order valence-corrected chi connectivity index (χ0v) is 13.1. The SMILES string of the molecule is CCCNCc1cc(Cl)ccc1OCC(=O)NC(C)C. The van der Waals surface area contributed by atoms with Gasteiger partial charge in [0.25, 0.3) is 5.91 Å². The van der Waals surface area contributed by atoms with Crippen molar-refractivity contribution in [3.05, 3.63) is 28.8 Å². The fourth-order valence-electron chi connectivity index (χ4n) is 1.73. The Bertz CT molecular complexity index is 436. The van der Waals surface area contributed by atoms with Gasteiger partial charge in [0.05, 0.1) is 0 Å². The van der Waals surface area contributed by atoms with Crippen LogP contribution in [0.15, 0.2) is 18.2 Å². The van der Waals surface area contributed by atoms with Gasteiger partial charge in [0, 0.05) is 23.2 Å². The van der Waals surface area contributed by atoms with E-state index in [1.807, 2.05) is 19.9 Å². The highest BCUT2D eigenvalue weighted by atomic mass is 35.5. The average molecular weight is 299 g/mol. The molecule has 0 aromatic heterocycles. The lowest BCUT2D eigenvalue weighted by Crippen LogP contribution is -2.34. The van der Waals surface area contributed by atoms with Crippen molar-refractivity contribution in [2.45, 2.75) is 39.8 Å². The van der Waals surface area contributed by atoms with Crippen LogP contribution in [-0.4, -0.2) is 25.1 Å². The number of benzene rings is 1. The van der Waals surface area contributed by atoms with Crippen LogP contribution in [0.2, 0.25) is 5.02 Å². The van der Waals surface area contributed by atoms with E-state index in [1.54, 1.807) is 12.1 Å². The van der Waals surface area contributed by atoms with Crippen molar-refractivity contribution in [2.75, 3.05) is 13.2 Å². The van der Waals surface area contributed by atoms with Crippen LogP contribution in [0.5, 0.6) is 5.75 Å². The number of hydrogen-bond donors (Lipinski definition) is 2. The molecule has 1 aromatic rings. The van der Waals surface area contributed by atoms with Crippen LogP contribution in [0.3, 0.4) is 0 Å². The summed E-state index contributed by atoms with van der Waals surface area (Å²) >= 11 is 6.00. The molecule has 20 heavy (non-hydrogen) atoms. The molecule has 1 amide bonds. The Labute approximate surface area is 125 Å². The van der Waals surface area contributed by atoms with Crippen molar-refractivity contribution in [3.63, 3.8) is 0 Å². The van der Waals surface area contributed by atoms with Gasteiger partial charge in [-0.3, -0.25) is 4.79 Å². The molecule has 0 saturated heterocycles. The normalized spacial score (nSPS) is 10.7. The monoisotopic (exact) mass is 298 g/mol. The van der Waals surface area contributed by atoms with Gasteiger partial charge in [-0.05, 0) is 45.0 Å². The Balaban J connectivity index is 2.61. The number of ether oxygens (including phenoxy) is 1. The van der Waals surface area contributed by atoms with E-state index in [-0.39, 0.29) is 18.6 Å². The molecule has 0 atom stereocenters. The molecule has 0 saturated carbocycles. The molecule has 0 aliphatic heterocycles. The van der Waals surface area contributed by atoms with Crippen molar-refractivity contribution in [2.24, 2.45) is 0 Å². The number of amides is 1. The lowest BCUT2D eigenvalue weighted by Gasteiger charge is -2.13. The van der Waals surface area contributed by atoms with Crippen LogP contribution >= 0.6 is 11.6 Å². The number of nitrogens with one attached hydrogen (secondary N) is 2. The number of hydrogen-bond acceptors (Lipinski definition) is 3. The lowest BCUT2D eigenvalue weighted by molar-refractivity contribution is -0.123. The maximum atomic E-state index is 11.6. The van der Waals surface area contributed by atoms with Crippen LogP contribution in [0.25, 0.3) is 0 Å². The fourth-order valence-corrected chi connectivity index (χ4v) is 1.93. The molecule has 112 valence electrons. The van der Waals surface area contributed by atoms with Crippen molar-refractivity contribution in [3.8, 4) is 5.75 Å². The average Bonchev–Trinajstić information content (AvgIpc) is 2.37. The summed E-state index contributed by atoms with van der Waals surface area (Å²) in [7, 11) is 0. The van der Waals surface area contributed by atoms with Gasteiger partial charge in [0.1, 0.15) is 5.75 Å². The molecule has 0 aliphatic carbocycles. The van der Waals surface area contributed by atoms with Gasteiger partial charge in [0.15, 0.2) is 6.61 Å². The molecule has 0 aliphatic rings. The van der Waals surface area contributed by atoms with Gasteiger partial charge < -0.3 is 15.4 Å². The van der Waals surface area contributed by atoms with Crippen LogP contribution in [0.1, 0.15) is 32.8 Å². The number of rotatable bonds is 8. The minimum absolute atomic E-state index is 0.0145. The zero-order chi connectivity index (χ0) is 15.0. The highest BCUT2D eigenvalue weighted by Gasteiger charge is 2.08. The van der Waals surface area contributed by atoms with E-state index in [2.05, 4.69) is 17.6 Å². The lowest BCUT2D eigenvalue weighted by atomic mass is 10.2. The minimum Gasteiger partial charge on any atom is -0.483 e. The third kappa shape index (κ3) is 6.26. The van der Waals surface area contributed by atoms with Crippen LogP contribution in [0, 0.1) is 0 Å². The molecule has 5 heteroatoms. The molecule has 0 spiro atoms. The summed E-state index contributed by atoms with van der Waals surface area (Å²) in [5.41, 5.74) is 0.961. The van der Waals surface area contributed by atoms with Gasteiger partial charge in [-0.15, -0.1) is 0 Å². The molecule has 0 heterocycles. The first kappa shape index (κ1) is 16.8. The fraction of sp³-hybridized carbons (Fsp3) is 0.533. The van der Waals surface area contributed by atoms with Crippen LogP contribution < -0.4 is 15.4 Å². The van der Waals surface area contributed by atoms with Gasteiger partial charge in [-0.2, -0.15) is 0 Å². The standard InChI is InChI=1S/C15H23ClN2O2/c1-4-7-17-9-12-8-13(16)5-6-14(12)20-10-15(19)18-11(2)3/h5-6,8,11,17H,4,7,9-10H2,1-3H3,(H,18,19). The largest absolute Gasteiger partial charge is 0.483 e. The highest BCUT2D eigenvalue weighted by molar-refractivity contribution is 6.30. The quantitative estimate of drug-likeness (QED) is 0.726. The van der Waals surface area contributed by atoms with Crippen LogP contribution in [0.4, 0.5) is 0 Å². The summed E-state index contributed by atoms with van der Waals surface area (Å²) in [4.78, 5) is 11.6. The van der Waals surface area contributed by atoms with Crippen molar-refractivity contribution >= 4 is 17.5 Å². The summed E-state index contributed by atoms with van der Waals surface area (Å²) in [5, 5.41) is 6.75. The van der Waals surface area contributed by atoms with Crippen molar-refractivity contribution in [1.29, 1.82) is 0 Å². The minimum atomic E-state index is -0.123. The molecule has 0 radical (unpaired) electrons. The summed E-state index contributed by atoms with van der Waals surface area (Å²) in [6, 6.07) is 5.54. The van der Waals surface area contributed by atoms with E-state index >= 15 is 0 Å². The Kier molecular flexibility index (Phi) is 7.41. The molecule has 0 unspecified atom stereocenters. The van der Waals surface area contributed by atoms with E-state index in [4.69, 9.17) is 16.3 Å². The Morgan fingerprint density at radius 3 is 2.80 bits per heavy atom. The first-order valence-corrected chi connectivity index (χ1v) is 7.32. The summed E-state index contributed by atoms with van der Waals surface area (Å²) < 4.78 is 5.57. The van der Waals surface area contributed by atoms with Gasteiger partial charge >= 0.3 is 0 Å². The van der Waals surface area contributed by atoms with E-state index in [9.17, 15) is 4.79 Å². The molecule has 4 nitrogen and oxygen atoms in total. The second kappa shape index (κ2) is 8.82. The van der Waals surface area contributed by atoms with Crippen molar-refractivity contribution < 1.29 is 9.53 Å². The predicted octanol–water partition coefficient (Wildman–Crippen LogP) is 2.74. The first-order valence-electron chi connectivity index (χ1n) is 6.94. The Hall–Kier alpha value is -1.26. The Morgan fingerprint density at radius 1 is 1.40 bits per heavy atom. The van der Waals surface area contributed by atoms with E-state index in [0.717, 1.165) is 18.5 Å². The van der Waals surface area contributed by atoms with E-state index in [0.29, 0.717) is 17.3 Å². The summed E-state index contributed by atoms with van der Waals surface area (Å²) in [6.45, 7) is 7.56. The smallest absolute Gasteiger partial charge is 0.258 e. The van der Waals surface area contributed by atoms with Gasteiger partial charge in [0.2, 0.25) is 0 Å². The van der Waals surface area contributed by atoms with Crippen LogP contribution in [-0.2, 0) is 11.3 Å². The number of carbonyl (C=O) groups excluding carboxylic acids is 1. The molecular weight excluding hydrogens is 276 g/mol. The molecule has 0 fully saturated rings. The van der Waals surface area contributed by atoms with Crippen molar-refractivity contribution in [1.82, 2.24) is 10.6 Å². The topological polar surface area (TPSA) is 50.4 Å². The summed E-state index contributed by atoms with van der Waals surface area (Å²) in [5.74, 6) is 0.569. The highest BCUT2D eigenvalue weighted by Crippen LogP contribution is 2.22. The van der Waals surface area contributed by atoms with Gasteiger partial charge in [-0.1, -0.05) is 18.5 Å². The molecular formula is C15H23ClN2O2. The summed E-state index contributed by atoms with van der Waals surface area (Å²) in [6.07, 6.45) is 1.06. The number of carbonyl (C=O) groups is 1. The predicted molar refractivity (Wildman–Crippen MR) is 82.2 cm³/mol.